The van der Waals surface area contributed by atoms with E-state index >= 15 is 0 Å². The van der Waals surface area contributed by atoms with E-state index < -0.39 is 0 Å². The first-order valence-corrected chi connectivity index (χ1v) is 6.83. The average molecular weight is 277 g/mol. The van der Waals surface area contributed by atoms with Crippen LogP contribution in [0.5, 0.6) is 0 Å². The molecule has 0 spiro atoms. The Morgan fingerprint density at radius 2 is 1.95 bits per heavy atom. The molecule has 0 saturated carbocycles. The third-order valence-corrected chi connectivity index (χ3v) is 3.51. The number of furan rings is 1. The van der Waals surface area contributed by atoms with Gasteiger partial charge in [-0.1, -0.05) is 36.4 Å². The predicted molar refractivity (Wildman–Crippen MR) is 81.9 cm³/mol. The van der Waals surface area contributed by atoms with Gasteiger partial charge in [-0.2, -0.15) is 5.26 Å². The number of nitriles is 1. The van der Waals surface area contributed by atoms with Gasteiger partial charge in [0.05, 0.1) is 6.61 Å². The van der Waals surface area contributed by atoms with E-state index in [1.165, 1.54) is 5.56 Å². The second kappa shape index (κ2) is 5.82. The van der Waals surface area contributed by atoms with Gasteiger partial charge in [0.2, 0.25) is 5.76 Å². The largest absolute Gasteiger partial charge is 0.445 e. The van der Waals surface area contributed by atoms with Crippen molar-refractivity contribution < 1.29 is 9.15 Å². The fraction of sp³-hybridized carbons (Fsp3) is 0.167. The van der Waals surface area contributed by atoms with E-state index in [2.05, 4.69) is 12.1 Å². The highest BCUT2D eigenvalue weighted by molar-refractivity contribution is 5.97. The minimum Gasteiger partial charge on any atom is -0.445 e. The molecule has 1 heterocycles. The maximum Gasteiger partial charge on any atom is 0.212 e. The lowest BCUT2D eigenvalue weighted by atomic mass is 10.0. The number of rotatable bonds is 4. The second-order valence-corrected chi connectivity index (χ2v) is 4.86. The highest BCUT2D eigenvalue weighted by Crippen LogP contribution is 2.35. The molecule has 0 radical (unpaired) electrons. The fourth-order valence-corrected chi connectivity index (χ4v) is 2.49. The molecule has 0 fully saturated rings. The van der Waals surface area contributed by atoms with Crippen molar-refractivity contribution in [1.29, 1.82) is 5.26 Å². The van der Waals surface area contributed by atoms with Gasteiger partial charge >= 0.3 is 0 Å². The summed E-state index contributed by atoms with van der Waals surface area (Å²) in [7, 11) is 1.69. The van der Waals surface area contributed by atoms with Gasteiger partial charge in [0.25, 0.3) is 0 Å². The second-order valence-electron chi connectivity index (χ2n) is 4.86. The summed E-state index contributed by atoms with van der Waals surface area (Å²) >= 11 is 0. The van der Waals surface area contributed by atoms with E-state index in [1.54, 1.807) is 7.11 Å². The molecule has 3 aromatic rings. The van der Waals surface area contributed by atoms with Crippen LogP contribution < -0.4 is 0 Å². The van der Waals surface area contributed by atoms with Crippen molar-refractivity contribution in [2.75, 3.05) is 13.7 Å². The monoisotopic (exact) mass is 277 g/mol. The zero-order valence-corrected chi connectivity index (χ0v) is 11.8. The molecule has 0 aliphatic carbocycles. The molecule has 0 atom stereocenters. The molecule has 3 heteroatoms. The molecular formula is C18H15NO2. The van der Waals surface area contributed by atoms with Crippen LogP contribution >= 0.6 is 0 Å². The third kappa shape index (κ3) is 2.54. The lowest BCUT2D eigenvalue weighted by molar-refractivity contribution is 0.202. The van der Waals surface area contributed by atoms with Crippen LogP contribution in [0.1, 0.15) is 11.3 Å². The smallest absolute Gasteiger partial charge is 0.212 e. The topological polar surface area (TPSA) is 46.2 Å². The van der Waals surface area contributed by atoms with Crippen molar-refractivity contribution >= 4 is 11.0 Å². The van der Waals surface area contributed by atoms with Gasteiger partial charge in [-0.3, -0.25) is 0 Å². The summed E-state index contributed by atoms with van der Waals surface area (Å²) in [6.07, 6.45) is 0.841. The molecule has 0 unspecified atom stereocenters. The van der Waals surface area contributed by atoms with E-state index in [0.717, 1.165) is 28.5 Å². The number of benzene rings is 2. The Kier molecular flexibility index (Phi) is 3.72. The van der Waals surface area contributed by atoms with E-state index in [4.69, 9.17) is 9.15 Å². The van der Waals surface area contributed by atoms with Gasteiger partial charge in [0.1, 0.15) is 11.7 Å². The molecule has 0 N–H and O–H groups in total. The summed E-state index contributed by atoms with van der Waals surface area (Å²) < 4.78 is 10.8. The highest BCUT2D eigenvalue weighted by Gasteiger charge is 2.15. The summed E-state index contributed by atoms with van der Waals surface area (Å²) in [5.74, 6) is 0.361. The van der Waals surface area contributed by atoms with Gasteiger partial charge in [-0.05, 0) is 29.7 Å². The molecule has 0 amide bonds. The Morgan fingerprint density at radius 1 is 1.14 bits per heavy atom. The van der Waals surface area contributed by atoms with Crippen LogP contribution in [-0.4, -0.2) is 13.7 Å². The molecule has 0 aliphatic heterocycles. The molecule has 21 heavy (non-hydrogen) atoms. The first-order valence-electron chi connectivity index (χ1n) is 6.83. The van der Waals surface area contributed by atoms with E-state index in [9.17, 15) is 5.26 Å². The fourth-order valence-electron chi connectivity index (χ4n) is 2.49. The van der Waals surface area contributed by atoms with Crippen molar-refractivity contribution in [2.24, 2.45) is 0 Å². The van der Waals surface area contributed by atoms with Gasteiger partial charge < -0.3 is 9.15 Å². The Balaban J connectivity index is 2.18. The van der Waals surface area contributed by atoms with Gasteiger partial charge in [-0.15, -0.1) is 0 Å². The zero-order valence-electron chi connectivity index (χ0n) is 11.8. The van der Waals surface area contributed by atoms with Crippen LogP contribution in [0, 0.1) is 11.3 Å². The van der Waals surface area contributed by atoms with Crippen molar-refractivity contribution in [3.63, 3.8) is 0 Å². The van der Waals surface area contributed by atoms with E-state index in [-0.39, 0.29) is 0 Å². The predicted octanol–water partition coefficient (Wildman–Crippen LogP) is 4.16. The van der Waals surface area contributed by atoms with Crippen molar-refractivity contribution in [3.8, 4) is 17.2 Å². The summed E-state index contributed by atoms with van der Waals surface area (Å²) in [5.41, 5.74) is 3.78. The molecule has 3 rings (SSSR count). The number of hydrogen-bond donors (Lipinski definition) is 0. The molecule has 2 aromatic carbocycles. The third-order valence-electron chi connectivity index (χ3n) is 3.51. The summed E-state index contributed by atoms with van der Waals surface area (Å²) in [4.78, 5) is 0. The van der Waals surface area contributed by atoms with Gasteiger partial charge in [-0.25, -0.2) is 0 Å². The molecule has 0 bridgehead atoms. The molecular weight excluding hydrogens is 262 g/mol. The number of ether oxygens (including phenoxy) is 1. The number of hydrogen-bond acceptors (Lipinski definition) is 3. The lowest BCUT2D eigenvalue weighted by Crippen LogP contribution is -1.93. The first-order chi connectivity index (χ1) is 10.3. The van der Waals surface area contributed by atoms with Crippen LogP contribution in [0.2, 0.25) is 0 Å². The number of methoxy groups -OCH3 is 1. The molecule has 0 saturated heterocycles. The van der Waals surface area contributed by atoms with Crippen LogP contribution in [0.3, 0.4) is 0 Å². The minimum atomic E-state index is 0.361. The maximum absolute atomic E-state index is 9.33. The highest BCUT2D eigenvalue weighted by atomic mass is 16.5. The first kappa shape index (κ1) is 13.4. The van der Waals surface area contributed by atoms with Crippen molar-refractivity contribution in [2.45, 2.75) is 6.42 Å². The van der Waals surface area contributed by atoms with E-state index in [0.29, 0.717) is 12.4 Å². The maximum atomic E-state index is 9.33. The van der Waals surface area contributed by atoms with Crippen LogP contribution in [0.25, 0.3) is 22.1 Å². The Bertz CT molecular complexity index is 797. The number of fused-ring (bicyclic) bond motifs is 1. The van der Waals surface area contributed by atoms with Crippen LogP contribution in [0.15, 0.2) is 52.9 Å². The molecule has 104 valence electrons. The van der Waals surface area contributed by atoms with Crippen molar-refractivity contribution in [1.82, 2.24) is 0 Å². The standard InChI is InChI=1S/C18H15NO2/c1-20-10-9-13-7-8-16-15(11-13)18(17(12-19)21-16)14-5-3-2-4-6-14/h2-8,11H,9-10H2,1H3. The molecule has 1 aromatic heterocycles. The van der Waals surface area contributed by atoms with Gasteiger partial charge in [0.15, 0.2) is 0 Å². The average Bonchev–Trinajstić information content (AvgIpc) is 2.91. The summed E-state index contributed by atoms with van der Waals surface area (Å²) in [6.45, 7) is 0.676. The Morgan fingerprint density at radius 3 is 2.67 bits per heavy atom. The van der Waals surface area contributed by atoms with Crippen LogP contribution in [0.4, 0.5) is 0 Å². The van der Waals surface area contributed by atoms with Gasteiger partial charge in [0, 0.05) is 18.1 Å². The summed E-state index contributed by atoms with van der Waals surface area (Å²) in [5, 5.41) is 10.3. The zero-order chi connectivity index (χ0) is 14.7. The lowest BCUT2D eigenvalue weighted by Gasteiger charge is -2.02. The summed E-state index contributed by atoms with van der Waals surface area (Å²) in [6, 6.07) is 18.0. The quantitative estimate of drug-likeness (QED) is 0.719. The molecule has 0 aliphatic rings. The SMILES string of the molecule is COCCc1ccc2oc(C#N)c(-c3ccccc3)c2c1. The van der Waals surface area contributed by atoms with Crippen molar-refractivity contribution in [3.05, 3.63) is 59.9 Å². The van der Waals surface area contributed by atoms with Crippen LogP contribution in [-0.2, 0) is 11.2 Å². The normalized spacial score (nSPS) is 10.7. The number of nitrogens with zero attached hydrogens (tertiary/aromatic N) is 1. The Hall–Kier alpha value is -2.57. The molecule has 3 nitrogen and oxygen atoms in total. The Labute approximate surface area is 123 Å². The minimum absolute atomic E-state index is 0.361. The van der Waals surface area contributed by atoms with E-state index in [1.807, 2.05) is 42.5 Å².